The SMILES string of the molecule is CC1(C)c2ccccc2-c2ccc(-c3c(N(c4ccc5c(c4)C(C)(C)c4ccccc4-5)c4cccc(-c5ccccc5)c4-c4ccccc4)c4ccccc4c4ccccc34)cc21. The molecule has 0 heterocycles. The molecule has 0 bridgehead atoms. The summed E-state index contributed by atoms with van der Waals surface area (Å²) in [7, 11) is 0. The first-order chi connectivity index (χ1) is 30.8. The van der Waals surface area contributed by atoms with E-state index in [1.54, 1.807) is 0 Å². The van der Waals surface area contributed by atoms with Crippen molar-refractivity contribution in [2.24, 2.45) is 0 Å². The van der Waals surface area contributed by atoms with Crippen LogP contribution < -0.4 is 4.90 Å². The predicted octanol–water partition coefficient (Wildman–Crippen LogP) is 17.1. The van der Waals surface area contributed by atoms with Crippen LogP contribution in [0, 0.1) is 0 Å². The van der Waals surface area contributed by atoms with Crippen molar-refractivity contribution in [3.63, 3.8) is 0 Å². The lowest BCUT2D eigenvalue weighted by Crippen LogP contribution is -2.18. The fourth-order valence-electron chi connectivity index (χ4n) is 11.2. The summed E-state index contributed by atoms with van der Waals surface area (Å²) in [6.45, 7) is 9.55. The van der Waals surface area contributed by atoms with Crippen LogP contribution in [0.3, 0.4) is 0 Å². The monoisotopic (exact) mass is 805 g/mol. The van der Waals surface area contributed by atoms with Crippen LogP contribution in [0.4, 0.5) is 17.1 Å². The van der Waals surface area contributed by atoms with E-state index in [4.69, 9.17) is 0 Å². The number of rotatable bonds is 6. The van der Waals surface area contributed by atoms with Gasteiger partial charge >= 0.3 is 0 Å². The van der Waals surface area contributed by atoms with E-state index in [1.807, 2.05) is 0 Å². The summed E-state index contributed by atoms with van der Waals surface area (Å²) in [6.07, 6.45) is 0. The molecule has 0 spiro atoms. The lowest BCUT2D eigenvalue weighted by Gasteiger charge is -2.34. The molecule has 0 saturated carbocycles. The van der Waals surface area contributed by atoms with Crippen molar-refractivity contribution in [1.29, 1.82) is 0 Å². The minimum absolute atomic E-state index is 0.153. The minimum Gasteiger partial charge on any atom is -0.309 e. The number of hydrogen-bond donors (Lipinski definition) is 0. The quantitative estimate of drug-likeness (QED) is 0.151. The summed E-state index contributed by atoms with van der Waals surface area (Å²) >= 11 is 0. The number of hydrogen-bond acceptors (Lipinski definition) is 1. The zero-order valence-corrected chi connectivity index (χ0v) is 36.2. The highest BCUT2D eigenvalue weighted by molar-refractivity contribution is 6.23. The van der Waals surface area contributed by atoms with Gasteiger partial charge in [-0.05, 0) is 107 Å². The van der Waals surface area contributed by atoms with Crippen LogP contribution in [0.1, 0.15) is 49.9 Å². The molecule has 0 fully saturated rings. The maximum Gasteiger partial charge on any atom is 0.0625 e. The van der Waals surface area contributed by atoms with Gasteiger partial charge in [0.1, 0.15) is 0 Å². The summed E-state index contributed by atoms with van der Waals surface area (Å²) in [4.78, 5) is 2.62. The molecule has 63 heavy (non-hydrogen) atoms. The highest BCUT2D eigenvalue weighted by Gasteiger charge is 2.38. The Labute approximate surface area is 370 Å². The molecule has 0 saturated heterocycles. The Kier molecular flexibility index (Phi) is 8.30. The van der Waals surface area contributed by atoms with Crippen LogP contribution in [0.2, 0.25) is 0 Å². The van der Waals surface area contributed by atoms with Crippen LogP contribution in [0.25, 0.3) is 77.2 Å². The molecule has 0 aromatic heterocycles. The predicted molar refractivity (Wildman–Crippen MR) is 268 cm³/mol. The van der Waals surface area contributed by atoms with Gasteiger partial charge in [0.2, 0.25) is 0 Å². The van der Waals surface area contributed by atoms with E-state index in [9.17, 15) is 0 Å². The molecule has 1 heteroatoms. The summed E-state index contributed by atoms with van der Waals surface area (Å²) < 4.78 is 0. The largest absolute Gasteiger partial charge is 0.309 e. The standard InChI is InChI=1S/C62H47N/c1-61(2)53-31-17-15-26-47(53)49-36-34-42(38-55(49)61)59-51-28-13-11-24-45(51)46-25-12-14-29-52(46)60(59)63(43-35-37-50-48-27-16-18-32-54(48)62(3,4)56(50)39-43)57-33-19-30-44(40-20-7-5-8-21-40)58(57)41-22-9-6-10-23-41/h5-39H,1-4H3. The molecule has 300 valence electrons. The molecular formula is C62H47N. The van der Waals surface area contributed by atoms with Crippen LogP contribution in [0.5, 0.6) is 0 Å². The van der Waals surface area contributed by atoms with Gasteiger partial charge in [-0.3, -0.25) is 0 Å². The molecule has 0 N–H and O–H groups in total. The second kappa shape index (κ2) is 14.0. The molecule has 0 amide bonds. The number of benzene rings is 10. The van der Waals surface area contributed by atoms with Crippen molar-refractivity contribution in [1.82, 2.24) is 0 Å². The Hall–Kier alpha value is -7.48. The van der Waals surface area contributed by atoms with E-state index in [1.165, 1.54) is 105 Å². The summed E-state index contributed by atoms with van der Waals surface area (Å²) in [5.74, 6) is 0. The van der Waals surface area contributed by atoms with E-state index in [0.29, 0.717) is 0 Å². The van der Waals surface area contributed by atoms with E-state index in [0.717, 1.165) is 11.4 Å². The third-order valence-electron chi connectivity index (χ3n) is 14.3. The highest BCUT2D eigenvalue weighted by atomic mass is 15.2. The van der Waals surface area contributed by atoms with Gasteiger partial charge in [0, 0.05) is 33.0 Å². The lowest BCUT2D eigenvalue weighted by molar-refractivity contribution is 0.660. The van der Waals surface area contributed by atoms with Crippen LogP contribution in [0.15, 0.2) is 212 Å². The van der Waals surface area contributed by atoms with Crippen LogP contribution in [-0.2, 0) is 10.8 Å². The van der Waals surface area contributed by atoms with Crippen molar-refractivity contribution in [2.45, 2.75) is 38.5 Å². The van der Waals surface area contributed by atoms with E-state index < -0.39 is 0 Å². The average Bonchev–Trinajstić information content (AvgIpc) is 3.71. The van der Waals surface area contributed by atoms with Crippen molar-refractivity contribution >= 4 is 38.6 Å². The normalized spacial score (nSPS) is 14.0. The number of fused-ring (bicyclic) bond motifs is 9. The van der Waals surface area contributed by atoms with E-state index >= 15 is 0 Å². The van der Waals surface area contributed by atoms with Crippen molar-refractivity contribution in [2.75, 3.05) is 4.90 Å². The molecule has 10 aromatic rings. The Morgan fingerprint density at radius 2 is 0.778 bits per heavy atom. The average molecular weight is 806 g/mol. The maximum absolute atomic E-state index is 2.62. The zero-order chi connectivity index (χ0) is 42.5. The van der Waals surface area contributed by atoms with Gasteiger partial charge < -0.3 is 4.90 Å². The number of anilines is 3. The van der Waals surface area contributed by atoms with Crippen LogP contribution >= 0.6 is 0 Å². The molecule has 2 aliphatic rings. The molecular weight excluding hydrogens is 759 g/mol. The van der Waals surface area contributed by atoms with Gasteiger partial charge in [0.25, 0.3) is 0 Å². The molecule has 12 rings (SSSR count). The van der Waals surface area contributed by atoms with Gasteiger partial charge in [-0.2, -0.15) is 0 Å². The molecule has 0 radical (unpaired) electrons. The van der Waals surface area contributed by atoms with Gasteiger partial charge in [-0.1, -0.05) is 216 Å². The third kappa shape index (κ3) is 5.56. The Balaban J connectivity index is 1.24. The highest BCUT2D eigenvalue weighted by Crippen LogP contribution is 2.57. The van der Waals surface area contributed by atoms with E-state index in [2.05, 4.69) is 245 Å². The first-order valence-electron chi connectivity index (χ1n) is 22.3. The smallest absolute Gasteiger partial charge is 0.0625 e. The summed E-state index contributed by atoms with van der Waals surface area (Å²) in [5, 5.41) is 4.93. The first kappa shape index (κ1) is 37.3. The maximum atomic E-state index is 2.62. The number of nitrogens with zero attached hydrogens (tertiary/aromatic N) is 1. The molecule has 0 unspecified atom stereocenters. The summed E-state index contributed by atoms with van der Waals surface area (Å²) in [6, 6.07) is 79.3. The molecule has 1 nitrogen and oxygen atoms in total. The van der Waals surface area contributed by atoms with Gasteiger partial charge in [0.15, 0.2) is 0 Å². The van der Waals surface area contributed by atoms with Crippen molar-refractivity contribution in [3.8, 4) is 55.6 Å². The second-order valence-electron chi connectivity index (χ2n) is 18.4. The third-order valence-corrected chi connectivity index (χ3v) is 14.3. The Morgan fingerprint density at radius 3 is 1.43 bits per heavy atom. The molecule has 0 atom stereocenters. The molecule has 0 aliphatic heterocycles. The topological polar surface area (TPSA) is 3.24 Å². The fourth-order valence-corrected chi connectivity index (χ4v) is 11.2. The Bertz CT molecular complexity index is 3440. The van der Waals surface area contributed by atoms with Crippen LogP contribution in [-0.4, -0.2) is 0 Å². The van der Waals surface area contributed by atoms with Gasteiger partial charge in [-0.15, -0.1) is 0 Å². The second-order valence-corrected chi connectivity index (χ2v) is 18.4. The minimum atomic E-state index is -0.184. The Morgan fingerprint density at radius 1 is 0.302 bits per heavy atom. The van der Waals surface area contributed by atoms with Crippen molar-refractivity contribution in [3.05, 3.63) is 235 Å². The van der Waals surface area contributed by atoms with Gasteiger partial charge in [-0.25, -0.2) is 0 Å². The molecule has 10 aromatic carbocycles. The summed E-state index contributed by atoms with van der Waals surface area (Å²) in [5.41, 5.74) is 21.1. The first-order valence-corrected chi connectivity index (χ1v) is 22.3. The van der Waals surface area contributed by atoms with Gasteiger partial charge in [0.05, 0.1) is 11.4 Å². The molecule has 2 aliphatic carbocycles. The van der Waals surface area contributed by atoms with E-state index in [-0.39, 0.29) is 10.8 Å². The van der Waals surface area contributed by atoms with Crippen molar-refractivity contribution < 1.29 is 0 Å². The zero-order valence-electron chi connectivity index (χ0n) is 36.2. The lowest BCUT2D eigenvalue weighted by atomic mass is 9.80. The fraction of sp³-hybridized carbons (Fsp3) is 0.0968.